The SMILES string of the molecule is C=C/C=C\C(=C)/C(=C\c1nn[nH]n1)c1cc(Cl)ccc1N=CN(C)CC. The average molecular weight is 369 g/mol. The van der Waals surface area contributed by atoms with E-state index in [2.05, 4.69) is 45.7 Å². The Morgan fingerprint density at radius 1 is 1.42 bits per heavy atom. The summed E-state index contributed by atoms with van der Waals surface area (Å²) in [6.07, 6.45) is 8.91. The number of rotatable bonds is 8. The Bertz CT molecular complexity index is 849. The molecule has 0 aliphatic rings. The van der Waals surface area contributed by atoms with Gasteiger partial charge >= 0.3 is 0 Å². The van der Waals surface area contributed by atoms with Crippen LogP contribution in [0.2, 0.25) is 5.02 Å². The molecule has 0 fully saturated rings. The normalized spacial score (nSPS) is 12.0. The summed E-state index contributed by atoms with van der Waals surface area (Å²) in [4.78, 5) is 6.56. The van der Waals surface area contributed by atoms with Crippen molar-refractivity contribution < 1.29 is 0 Å². The molecule has 0 saturated carbocycles. The Labute approximate surface area is 158 Å². The molecule has 0 unspecified atom stereocenters. The summed E-state index contributed by atoms with van der Waals surface area (Å²) in [6.45, 7) is 10.7. The van der Waals surface area contributed by atoms with Crippen molar-refractivity contribution in [2.24, 2.45) is 4.99 Å². The highest BCUT2D eigenvalue weighted by molar-refractivity contribution is 6.31. The van der Waals surface area contributed by atoms with E-state index in [9.17, 15) is 0 Å². The fourth-order valence-corrected chi connectivity index (χ4v) is 2.23. The van der Waals surface area contributed by atoms with Gasteiger partial charge in [0.25, 0.3) is 0 Å². The van der Waals surface area contributed by atoms with Crippen LogP contribution < -0.4 is 0 Å². The molecule has 1 aromatic carbocycles. The molecule has 7 heteroatoms. The van der Waals surface area contributed by atoms with Crippen LogP contribution in [-0.4, -0.2) is 45.5 Å². The highest BCUT2D eigenvalue weighted by Gasteiger charge is 2.12. The lowest BCUT2D eigenvalue weighted by molar-refractivity contribution is 0.552. The van der Waals surface area contributed by atoms with Crippen LogP contribution in [0, 0.1) is 0 Å². The van der Waals surface area contributed by atoms with Crippen molar-refractivity contribution in [3.8, 4) is 0 Å². The second-order valence-corrected chi connectivity index (χ2v) is 5.86. The lowest BCUT2D eigenvalue weighted by Gasteiger charge is -2.13. The van der Waals surface area contributed by atoms with Crippen molar-refractivity contribution in [3.63, 3.8) is 0 Å². The number of aromatic amines is 1. The van der Waals surface area contributed by atoms with Gasteiger partial charge in [-0.05, 0) is 47.6 Å². The third-order valence-electron chi connectivity index (χ3n) is 3.56. The number of nitrogens with zero attached hydrogens (tertiary/aromatic N) is 5. The van der Waals surface area contributed by atoms with E-state index in [1.54, 1.807) is 24.6 Å². The van der Waals surface area contributed by atoms with Crippen LogP contribution in [0.4, 0.5) is 5.69 Å². The summed E-state index contributed by atoms with van der Waals surface area (Å²) in [5, 5.41) is 14.6. The standard InChI is InChI=1S/C19H21ClN6/c1-5-7-8-14(3)16(12-19-22-24-25-23-19)17-11-15(20)9-10-18(17)21-13-26(4)6-2/h5,7-13H,1,3,6H2,2,4H3,(H,22,23,24,25)/b8-7-,16-12+,21-13?. The third kappa shape index (κ3) is 5.26. The first-order valence-corrected chi connectivity index (χ1v) is 8.40. The number of hydrogen-bond donors (Lipinski definition) is 1. The van der Waals surface area contributed by atoms with E-state index in [1.807, 2.05) is 36.2 Å². The van der Waals surface area contributed by atoms with Crippen LogP contribution in [0.5, 0.6) is 0 Å². The summed E-state index contributed by atoms with van der Waals surface area (Å²) in [5.74, 6) is 0.439. The average Bonchev–Trinajstić information content (AvgIpc) is 3.16. The van der Waals surface area contributed by atoms with Crippen molar-refractivity contribution in [1.29, 1.82) is 0 Å². The minimum atomic E-state index is 0.439. The topological polar surface area (TPSA) is 70.1 Å². The van der Waals surface area contributed by atoms with E-state index in [4.69, 9.17) is 11.6 Å². The lowest BCUT2D eigenvalue weighted by Crippen LogP contribution is -2.14. The number of hydrogen-bond acceptors (Lipinski definition) is 4. The second kappa shape index (κ2) is 9.48. The monoisotopic (exact) mass is 368 g/mol. The minimum absolute atomic E-state index is 0.439. The number of allylic oxidation sites excluding steroid dienone is 5. The summed E-state index contributed by atoms with van der Waals surface area (Å²) in [5.41, 5.74) is 3.12. The highest BCUT2D eigenvalue weighted by Crippen LogP contribution is 2.34. The number of benzene rings is 1. The molecule has 0 atom stereocenters. The predicted octanol–water partition coefficient (Wildman–Crippen LogP) is 4.30. The van der Waals surface area contributed by atoms with Crippen molar-refractivity contribution in [3.05, 3.63) is 71.6 Å². The molecule has 2 rings (SSSR count). The summed E-state index contributed by atoms with van der Waals surface area (Å²) in [6, 6.07) is 5.52. The van der Waals surface area contributed by atoms with Gasteiger partial charge in [-0.1, -0.05) is 43.0 Å². The number of halogens is 1. The Kier molecular flexibility index (Phi) is 7.05. The molecule has 0 aliphatic carbocycles. The zero-order chi connectivity index (χ0) is 18.9. The predicted molar refractivity (Wildman–Crippen MR) is 108 cm³/mol. The Balaban J connectivity index is 2.58. The van der Waals surface area contributed by atoms with Crippen LogP contribution in [0.15, 0.2) is 60.2 Å². The first-order chi connectivity index (χ1) is 12.5. The van der Waals surface area contributed by atoms with Crippen molar-refractivity contribution >= 4 is 35.3 Å². The number of aromatic nitrogens is 4. The van der Waals surface area contributed by atoms with E-state index < -0.39 is 0 Å². The second-order valence-electron chi connectivity index (χ2n) is 5.43. The summed E-state index contributed by atoms with van der Waals surface area (Å²) >= 11 is 6.24. The molecule has 0 radical (unpaired) electrons. The molecule has 2 aromatic rings. The molecule has 1 heterocycles. The van der Waals surface area contributed by atoms with E-state index in [0.717, 1.165) is 28.9 Å². The fourth-order valence-electron chi connectivity index (χ4n) is 2.06. The van der Waals surface area contributed by atoms with E-state index >= 15 is 0 Å². The first kappa shape index (κ1) is 19.3. The van der Waals surface area contributed by atoms with Gasteiger partial charge in [0.15, 0.2) is 5.82 Å². The molecule has 0 aliphatic heterocycles. The van der Waals surface area contributed by atoms with Crippen LogP contribution in [0.3, 0.4) is 0 Å². The molecule has 1 aromatic heterocycles. The van der Waals surface area contributed by atoms with E-state index in [0.29, 0.717) is 10.8 Å². The van der Waals surface area contributed by atoms with Gasteiger partial charge in [-0.25, -0.2) is 4.99 Å². The Morgan fingerprint density at radius 2 is 2.23 bits per heavy atom. The smallest absolute Gasteiger partial charge is 0.198 e. The molecule has 134 valence electrons. The molecule has 1 N–H and O–H groups in total. The molecule has 0 spiro atoms. The molecule has 0 saturated heterocycles. The minimum Gasteiger partial charge on any atom is -0.366 e. The summed E-state index contributed by atoms with van der Waals surface area (Å²) < 4.78 is 0. The van der Waals surface area contributed by atoms with E-state index in [1.165, 1.54) is 0 Å². The number of aliphatic imine (C=N–C) groups is 1. The maximum atomic E-state index is 6.24. The number of H-pyrrole nitrogens is 1. The van der Waals surface area contributed by atoms with Gasteiger partial charge in [0.05, 0.1) is 12.0 Å². The third-order valence-corrected chi connectivity index (χ3v) is 3.79. The van der Waals surface area contributed by atoms with Gasteiger partial charge < -0.3 is 4.90 Å². The molecular formula is C19H21ClN6. The van der Waals surface area contributed by atoms with Crippen LogP contribution in [0.25, 0.3) is 11.6 Å². The largest absolute Gasteiger partial charge is 0.366 e. The van der Waals surface area contributed by atoms with Crippen molar-refractivity contribution in [2.45, 2.75) is 6.92 Å². The van der Waals surface area contributed by atoms with Gasteiger partial charge in [0.1, 0.15) is 0 Å². The van der Waals surface area contributed by atoms with Gasteiger partial charge in [-0.15, -0.1) is 10.2 Å². The molecule has 6 nitrogen and oxygen atoms in total. The number of tetrazole rings is 1. The van der Waals surface area contributed by atoms with E-state index in [-0.39, 0.29) is 0 Å². The Morgan fingerprint density at radius 3 is 2.88 bits per heavy atom. The highest BCUT2D eigenvalue weighted by atomic mass is 35.5. The zero-order valence-corrected chi connectivity index (χ0v) is 15.6. The maximum absolute atomic E-state index is 6.24. The van der Waals surface area contributed by atoms with Gasteiger partial charge in [0.2, 0.25) is 0 Å². The van der Waals surface area contributed by atoms with Crippen LogP contribution >= 0.6 is 11.6 Å². The maximum Gasteiger partial charge on any atom is 0.198 e. The van der Waals surface area contributed by atoms with Gasteiger partial charge in [-0.2, -0.15) is 5.21 Å². The zero-order valence-electron chi connectivity index (χ0n) is 14.9. The fraction of sp³-hybridized carbons (Fsp3) is 0.158. The Hall–Kier alpha value is -2.99. The van der Waals surface area contributed by atoms with Gasteiger partial charge in [0, 0.05) is 24.2 Å². The van der Waals surface area contributed by atoms with Crippen LogP contribution in [0.1, 0.15) is 18.3 Å². The number of nitrogens with one attached hydrogen (secondary N) is 1. The van der Waals surface area contributed by atoms with Crippen molar-refractivity contribution in [2.75, 3.05) is 13.6 Å². The summed E-state index contributed by atoms with van der Waals surface area (Å²) in [7, 11) is 1.96. The molecular weight excluding hydrogens is 348 g/mol. The quantitative estimate of drug-likeness (QED) is 0.428. The molecule has 26 heavy (non-hydrogen) atoms. The first-order valence-electron chi connectivity index (χ1n) is 8.03. The molecule has 0 bridgehead atoms. The van der Waals surface area contributed by atoms with Crippen molar-refractivity contribution in [1.82, 2.24) is 25.5 Å². The molecule has 0 amide bonds. The lowest BCUT2D eigenvalue weighted by atomic mass is 9.96. The van der Waals surface area contributed by atoms with Gasteiger partial charge in [-0.3, -0.25) is 0 Å². The van der Waals surface area contributed by atoms with Crippen LogP contribution in [-0.2, 0) is 0 Å².